The standard InChI is InChI=1S/C16H18ClNO4.C2H6/c1-10(14(20)18-15(21)22-16(2,3)4)13(19)9-11-5-7-12(17)8-6-11;1-2/h5-8H,1,9H2,2-4H3,(H,18,20,21);1-2H3. The summed E-state index contributed by atoms with van der Waals surface area (Å²) in [6, 6.07) is 6.65. The van der Waals surface area contributed by atoms with Crippen molar-refractivity contribution in [1.29, 1.82) is 0 Å². The fourth-order valence-electron chi connectivity index (χ4n) is 1.49. The highest BCUT2D eigenvalue weighted by molar-refractivity contribution is 6.30. The Balaban J connectivity index is 0.00000254. The van der Waals surface area contributed by atoms with Crippen LogP contribution < -0.4 is 5.32 Å². The van der Waals surface area contributed by atoms with Crippen LogP contribution >= 0.6 is 11.6 Å². The molecule has 0 bridgehead atoms. The van der Waals surface area contributed by atoms with Crippen LogP contribution in [0.5, 0.6) is 0 Å². The quantitative estimate of drug-likeness (QED) is 0.502. The lowest BCUT2D eigenvalue weighted by Gasteiger charge is -2.19. The molecule has 1 rings (SSSR count). The van der Waals surface area contributed by atoms with Crippen LogP contribution in [0.25, 0.3) is 0 Å². The van der Waals surface area contributed by atoms with E-state index in [9.17, 15) is 14.4 Å². The van der Waals surface area contributed by atoms with Gasteiger partial charge in [0.1, 0.15) is 5.60 Å². The van der Waals surface area contributed by atoms with E-state index in [1.807, 2.05) is 19.2 Å². The molecule has 0 aromatic heterocycles. The Bertz CT molecular complexity index is 600. The van der Waals surface area contributed by atoms with Gasteiger partial charge in [0.15, 0.2) is 5.78 Å². The average molecular weight is 354 g/mol. The monoisotopic (exact) mass is 353 g/mol. The SMILES string of the molecule is C=C(C(=O)Cc1ccc(Cl)cc1)C(=O)NC(=O)OC(C)(C)C.CC. The zero-order chi connectivity index (χ0) is 18.9. The molecule has 0 heterocycles. The first-order valence-electron chi connectivity index (χ1n) is 7.59. The highest BCUT2D eigenvalue weighted by Crippen LogP contribution is 2.12. The molecule has 0 aliphatic rings. The van der Waals surface area contributed by atoms with E-state index in [1.165, 1.54) is 0 Å². The van der Waals surface area contributed by atoms with Crippen molar-refractivity contribution >= 4 is 29.4 Å². The number of imide groups is 1. The highest BCUT2D eigenvalue weighted by atomic mass is 35.5. The van der Waals surface area contributed by atoms with Gasteiger partial charge in [0.2, 0.25) is 0 Å². The van der Waals surface area contributed by atoms with Crippen molar-refractivity contribution in [2.45, 2.75) is 46.6 Å². The van der Waals surface area contributed by atoms with E-state index in [4.69, 9.17) is 16.3 Å². The van der Waals surface area contributed by atoms with Gasteiger partial charge < -0.3 is 4.74 Å². The third-order valence-electron chi connectivity index (χ3n) is 2.50. The summed E-state index contributed by atoms with van der Waals surface area (Å²) in [4.78, 5) is 35.2. The van der Waals surface area contributed by atoms with Gasteiger partial charge in [0, 0.05) is 11.4 Å². The van der Waals surface area contributed by atoms with E-state index < -0.39 is 23.4 Å². The Hall–Kier alpha value is -2.14. The van der Waals surface area contributed by atoms with E-state index in [0.717, 1.165) is 0 Å². The maximum atomic E-state index is 12.0. The second-order valence-electron chi connectivity index (χ2n) is 5.66. The Kier molecular flexibility index (Phi) is 9.00. The Morgan fingerprint density at radius 3 is 2.08 bits per heavy atom. The number of ether oxygens (including phenoxy) is 1. The molecular weight excluding hydrogens is 330 g/mol. The minimum Gasteiger partial charge on any atom is -0.444 e. The zero-order valence-corrected chi connectivity index (χ0v) is 15.5. The number of carbonyl (C=O) groups is 3. The van der Waals surface area contributed by atoms with Gasteiger partial charge in [-0.15, -0.1) is 0 Å². The molecule has 0 aliphatic carbocycles. The van der Waals surface area contributed by atoms with Crippen molar-refractivity contribution in [2.24, 2.45) is 0 Å². The summed E-state index contributed by atoms with van der Waals surface area (Å²) >= 11 is 5.75. The first-order chi connectivity index (χ1) is 11.1. The summed E-state index contributed by atoms with van der Waals surface area (Å²) in [5, 5.41) is 2.52. The number of hydrogen-bond acceptors (Lipinski definition) is 4. The van der Waals surface area contributed by atoms with Gasteiger partial charge in [0.05, 0.1) is 5.57 Å². The topological polar surface area (TPSA) is 72.5 Å². The Labute approximate surface area is 148 Å². The molecule has 24 heavy (non-hydrogen) atoms. The van der Waals surface area contributed by atoms with Crippen molar-refractivity contribution in [3.05, 3.63) is 47.0 Å². The van der Waals surface area contributed by atoms with E-state index in [0.29, 0.717) is 10.6 Å². The molecule has 0 fully saturated rings. The summed E-state index contributed by atoms with van der Waals surface area (Å²) in [5.41, 5.74) is -0.347. The van der Waals surface area contributed by atoms with Gasteiger partial charge in [0.25, 0.3) is 5.91 Å². The summed E-state index contributed by atoms with van der Waals surface area (Å²) in [6.07, 6.45) is -0.921. The fraction of sp³-hybridized carbons (Fsp3) is 0.389. The predicted octanol–water partition coefficient (Wildman–Crippen LogP) is 4.09. The molecule has 132 valence electrons. The molecule has 0 unspecified atom stereocenters. The van der Waals surface area contributed by atoms with E-state index in [2.05, 4.69) is 6.58 Å². The van der Waals surface area contributed by atoms with Crippen LogP contribution in [0, 0.1) is 0 Å². The largest absolute Gasteiger partial charge is 0.444 e. The minimum absolute atomic E-state index is 0.00224. The molecular formula is C18H24ClNO4. The second kappa shape index (κ2) is 9.88. The van der Waals surface area contributed by atoms with Crippen LogP contribution in [-0.4, -0.2) is 23.4 Å². The maximum absolute atomic E-state index is 12.0. The van der Waals surface area contributed by atoms with E-state index in [-0.39, 0.29) is 12.0 Å². The third-order valence-corrected chi connectivity index (χ3v) is 2.76. The molecule has 1 aromatic rings. The predicted molar refractivity (Wildman–Crippen MR) is 95.0 cm³/mol. The van der Waals surface area contributed by atoms with Crippen molar-refractivity contribution in [2.75, 3.05) is 0 Å². The van der Waals surface area contributed by atoms with Gasteiger partial charge in [-0.05, 0) is 38.5 Å². The molecule has 1 N–H and O–H groups in total. The smallest absolute Gasteiger partial charge is 0.414 e. The normalized spacial score (nSPS) is 10.1. The van der Waals surface area contributed by atoms with Crippen molar-refractivity contribution < 1.29 is 19.1 Å². The van der Waals surface area contributed by atoms with Crippen LogP contribution in [0.15, 0.2) is 36.4 Å². The number of nitrogens with one attached hydrogen (secondary N) is 1. The number of hydrogen-bond donors (Lipinski definition) is 1. The van der Waals surface area contributed by atoms with Crippen LogP contribution in [0.1, 0.15) is 40.2 Å². The number of halogens is 1. The lowest BCUT2D eigenvalue weighted by Crippen LogP contribution is -2.38. The molecule has 0 saturated carbocycles. The van der Waals surface area contributed by atoms with Gasteiger partial charge in [-0.25, -0.2) is 4.79 Å². The molecule has 6 heteroatoms. The molecule has 0 saturated heterocycles. The Morgan fingerprint density at radius 2 is 1.62 bits per heavy atom. The molecule has 2 amide bonds. The summed E-state index contributed by atoms with van der Waals surface area (Å²) < 4.78 is 4.93. The number of Topliss-reactive ketones (excluding diaryl/α,β-unsaturated/α-hetero) is 1. The van der Waals surface area contributed by atoms with Gasteiger partial charge >= 0.3 is 6.09 Å². The lowest BCUT2D eigenvalue weighted by atomic mass is 10.0. The van der Waals surface area contributed by atoms with Crippen molar-refractivity contribution in [3.63, 3.8) is 0 Å². The van der Waals surface area contributed by atoms with Crippen LogP contribution in [0.4, 0.5) is 4.79 Å². The number of ketones is 1. The number of amides is 2. The number of carbonyl (C=O) groups excluding carboxylic acids is 3. The second-order valence-corrected chi connectivity index (χ2v) is 6.10. The molecule has 1 aromatic carbocycles. The summed E-state index contributed by atoms with van der Waals surface area (Å²) in [6.45, 7) is 12.4. The molecule has 0 radical (unpaired) electrons. The van der Waals surface area contributed by atoms with E-state index in [1.54, 1.807) is 45.0 Å². The van der Waals surface area contributed by atoms with Crippen molar-refractivity contribution in [3.8, 4) is 0 Å². The van der Waals surface area contributed by atoms with Gasteiger partial charge in [-0.2, -0.15) is 0 Å². The summed E-state index contributed by atoms with van der Waals surface area (Å²) in [5.74, 6) is -1.35. The van der Waals surface area contributed by atoms with Crippen LogP contribution in [0.2, 0.25) is 5.02 Å². The average Bonchev–Trinajstić information content (AvgIpc) is 2.48. The number of alkyl carbamates (subject to hydrolysis) is 1. The van der Waals surface area contributed by atoms with Gasteiger partial charge in [-0.1, -0.05) is 44.2 Å². The maximum Gasteiger partial charge on any atom is 0.414 e. The summed E-state index contributed by atoms with van der Waals surface area (Å²) in [7, 11) is 0. The molecule has 0 aliphatic heterocycles. The molecule has 0 atom stereocenters. The lowest BCUT2D eigenvalue weighted by molar-refractivity contribution is -0.121. The van der Waals surface area contributed by atoms with Gasteiger partial charge in [-0.3, -0.25) is 14.9 Å². The molecule has 0 spiro atoms. The zero-order valence-electron chi connectivity index (χ0n) is 14.7. The minimum atomic E-state index is -0.919. The first-order valence-corrected chi connectivity index (χ1v) is 7.97. The Morgan fingerprint density at radius 1 is 1.12 bits per heavy atom. The number of benzene rings is 1. The van der Waals surface area contributed by atoms with E-state index >= 15 is 0 Å². The van der Waals surface area contributed by atoms with Crippen molar-refractivity contribution in [1.82, 2.24) is 5.32 Å². The highest BCUT2D eigenvalue weighted by Gasteiger charge is 2.22. The molecule has 5 nitrogen and oxygen atoms in total. The number of rotatable bonds is 4. The first kappa shape index (κ1) is 21.9. The third kappa shape index (κ3) is 8.48. The fourth-order valence-corrected chi connectivity index (χ4v) is 1.62. The van der Waals surface area contributed by atoms with Crippen LogP contribution in [0.3, 0.4) is 0 Å². The van der Waals surface area contributed by atoms with Crippen LogP contribution in [-0.2, 0) is 20.7 Å².